The Morgan fingerprint density at radius 1 is 1.18 bits per heavy atom. The average Bonchev–Trinajstić information content (AvgIpc) is 2.36. The van der Waals surface area contributed by atoms with Crippen LogP contribution in [0, 0.1) is 13.8 Å². The van der Waals surface area contributed by atoms with Gasteiger partial charge in [-0.3, -0.25) is 9.36 Å². The summed E-state index contributed by atoms with van der Waals surface area (Å²) < 4.78 is 1.72. The van der Waals surface area contributed by atoms with Gasteiger partial charge in [0, 0.05) is 23.4 Å². The molecule has 0 atom stereocenters. The lowest BCUT2D eigenvalue weighted by atomic mass is 10.2. The van der Waals surface area contributed by atoms with Gasteiger partial charge >= 0.3 is 0 Å². The summed E-state index contributed by atoms with van der Waals surface area (Å²) in [6, 6.07) is 9.82. The van der Waals surface area contributed by atoms with E-state index < -0.39 is 0 Å². The van der Waals surface area contributed by atoms with Gasteiger partial charge in [-0.2, -0.15) is 0 Å². The fourth-order valence-corrected chi connectivity index (χ4v) is 1.86. The van der Waals surface area contributed by atoms with Gasteiger partial charge in [0.05, 0.1) is 0 Å². The predicted octanol–water partition coefficient (Wildman–Crippen LogP) is 2.55. The molecule has 17 heavy (non-hydrogen) atoms. The molecule has 0 unspecified atom stereocenters. The van der Waals surface area contributed by atoms with Crippen molar-refractivity contribution in [3.8, 4) is 11.4 Å². The van der Waals surface area contributed by atoms with Crippen molar-refractivity contribution in [2.24, 2.45) is 0 Å². The van der Waals surface area contributed by atoms with Gasteiger partial charge in [0.25, 0.3) is 5.56 Å². The Morgan fingerprint density at radius 3 is 2.41 bits per heavy atom. The summed E-state index contributed by atoms with van der Waals surface area (Å²) in [5.41, 5.74) is 2.57. The summed E-state index contributed by atoms with van der Waals surface area (Å²) in [7, 11) is 0. The van der Waals surface area contributed by atoms with E-state index in [1.807, 2.05) is 51.1 Å². The number of rotatable bonds is 2. The lowest BCUT2D eigenvalue weighted by Crippen LogP contribution is -2.25. The third-order valence-corrected chi connectivity index (χ3v) is 2.99. The highest BCUT2D eigenvalue weighted by molar-refractivity contribution is 5.55. The molecule has 0 aliphatic carbocycles. The van der Waals surface area contributed by atoms with Crippen molar-refractivity contribution in [1.29, 1.82) is 0 Å². The molecule has 0 fully saturated rings. The van der Waals surface area contributed by atoms with Crippen molar-refractivity contribution in [3.63, 3.8) is 0 Å². The van der Waals surface area contributed by atoms with Crippen molar-refractivity contribution in [1.82, 2.24) is 9.55 Å². The van der Waals surface area contributed by atoms with Gasteiger partial charge in [-0.25, -0.2) is 4.98 Å². The Labute approximate surface area is 101 Å². The Bertz CT molecular complexity index is 585. The molecule has 88 valence electrons. The van der Waals surface area contributed by atoms with E-state index >= 15 is 0 Å². The van der Waals surface area contributed by atoms with Crippen LogP contribution in [0.1, 0.15) is 18.2 Å². The highest BCUT2D eigenvalue weighted by Crippen LogP contribution is 2.16. The molecule has 2 aromatic rings. The smallest absolute Gasteiger partial charge is 0.256 e. The lowest BCUT2D eigenvalue weighted by molar-refractivity contribution is 0.705. The molecular weight excluding hydrogens is 212 g/mol. The Kier molecular flexibility index (Phi) is 3.09. The Morgan fingerprint density at radius 2 is 1.82 bits per heavy atom. The summed E-state index contributed by atoms with van der Waals surface area (Å²) in [4.78, 5) is 16.7. The molecule has 0 saturated heterocycles. The molecule has 1 aromatic carbocycles. The normalized spacial score (nSPS) is 10.5. The van der Waals surface area contributed by atoms with E-state index in [0.717, 1.165) is 22.6 Å². The average molecular weight is 228 g/mol. The molecule has 0 N–H and O–H groups in total. The Balaban J connectivity index is 2.75. The zero-order valence-electron chi connectivity index (χ0n) is 10.4. The van der Waals surface area contributed by atoms with Crippen LogP contribution in [-0.4, -0.2) is 9.55 Å². The summed E-state index contributed by atoms with van der Waals surface area (Å²) >= 11 is 0. The van der Waals surface area contributed by atoms with Gasteiger partial charge in [-0.15, -0.1) is 0 Å². The van der Waals surface area contributed by atoms with E-state index in [0.29, 0.717) is 6.54 Å². The highest BCUT2D eigenvalue weighted by Gasteiger charge is 2.10. The minimum atomic E-state index is 0.0545. The van der Waals surface area contributed by atoms with Gasteiger partial charge in [0.2, 0.25) is 0 Å². The number of benzene rings is 1. The summed E-state index contributed by atoms with van der Waals surface area (Å²) in [6.45, 7) is 6.30. The second-order valence-corrected chi connectivity index (χ2v) is 4.06. The van der Waals surface area contributed by atoms with Crippen molar-refractivity contribution in [2.75, 3.05) is 0 Å². The van der Waals surface area contributed by atoms with Gasteiger partial charge in [-0.05, 0) is 20.8 Å². The van der Waals surface area contributed by atoms with Crippen LogP contribution in [0.5, 0.6) is 0 Å². The molecule has 0 saturated carbocycles. The van der Waals surface area contributed by atoms with E-state index in [4.69, 9.17) is 0 Å². The molecule has 2 rings (SSSR count). The third-order valence-electron chi connectivity index (χ3n) is 2.99. The van der Waals surface area contributed by atoms with Crippen molar-refractivity contribution in [2.45, 2.75) is 27.3 Å². The van der Waals surface area contributed by atoms with Crippen LogP contribution in [0.2, 0.25) is 0 Å². The molecule has 3 nitrogen and oxygen atoms in total. The number of nitrogens with zero attached hydrogens (tertiary/aromatic N) is 2. The molecule has 0 spiro atoms. The third kappa shape index (κ3) is 2.00. The molecule has 0 amide bonds. The quantitative estimate of drug-likeness (QED) is 0.791. The topological polar surface area (TPSA) is 34.9 Å². The number of hydrogen-bond donors (Lipinski definition) is 0. The molecule has 0 aliphatic rings. The number of aryl methyl sites for hydroxylation is 1. The maximum atomic E-state index is 12.1. The van der Waals surface area contributed by atoms with Crippen LogP contribution in [0.25, 0.3) is 11.4 Å². The van der Waals surface area contributed by atoms with Crippen LogP contribution in [0.15, 0.2) is 35.1 Å². The van der Waals surface area contributed by atoms with Crippen LogP contribution in [0.4, 0.5) is 0 Å². The molecule has 0 aliphatic heterocycles. The Hall–Kier alpha value is -1.90. The first-order chi connectivity index (χ1) is 8.15. The van der Waals surface area contributed by atoms with Crippen LogP contribution in [0.3, 0.4) is 0 Å². The minimum absolute atomic E-state index is 0.0545. The number of hydrogen-bond acceptors (Lipinski definition) is 2. The number of aromatic nitrogens is 2. The van der Waals surface area contributed by atoms with Gasteiger partial charge in [-0.1, -0.05) is 30.3 Å². The van der Waals surface area contributed by atoms with Crippen molar-refractivity contribution < 1.29 is 0 Å². The first-order valence-corrected chi connectivity index (χ1v) is 5.78. The van der Waals surface area contributed by atoms with E-state index in [1.54, 1.807) is 4.57 Å². The fourth-order valence-electron chi connectivity index (χ4n) is 1.86. The summed E-state index contributed by atoms with van der Waals surface area (Å²) in [5.74, 6) is 0.751. The van der Waals surface area contributed by atoms with Crippen LogP contribution >= 0.6 is 0 Å². The van der Waals surface area contributed by atoms with Crippen molar-refractivity contribution in [3.05, 3.63) is 51.9 Å². The first-order valence-electron chi connectivity index (χ1n) is 5.78. The van der Waals surface area contributed by atoms with E-state index in [-0.39, 0.29) is 5.56 Å². The molecule has 0 bridgehead atoms. The summed E-state index contributed by atoms with van der Waals surface area (Å²) in [6.07, 6.45) is 0. The van der Waals surface area contributed by atoms with E-state index in [9.17, 15) is 4.79 Å². The largest absolute Gasteiger partial charge is 0.293 e. The monoisotopic (exact) mass is 228 g/mol. The lowest BCUT2D eigenvalue weighted by Gasteiger charge is -2.12. The zero-order chi connectivity index (χ0) is 12.4. The van der Waals surface area contributed by atoms with Crippen molar-refractivity contribution >= 4 is 0 Å². The van der Waals surface area contributed by atoms with E-state index in [2.05, 4.69) is 4.98 Å². The maximum absolute atomic E-state index is 12.1. The summed E-state index contributed by atoms with van der Waals surface area (Å²) in [5, 5.41) is 0. The fraction of sp³-hybridized carbons (Fsp3) is 0.286. The van der Waals surface area contributed by atoms with E-state index in [1.165, 1.54) is 0 Å². The molecule has 0 radical (unpaired) electrons. The second kappa shape index (κ2) is 4.53. The molecule has 1 heterocycles. The zero-order valence-corrected chi connectivity index (χ0v) is 10.4. The molecule has 1 aromatic heterocycles. The molecule has 3 heteroatoms. The van der Waals surface area contributed by atoms with Gasteiger partial charge in [0.15, 0.2) is 0 Å². The predicted molar refractivity (Wildman–Crippen MR) is 69.1 cm³/mol. The van der Waals surface area contributed by atoms with Crippen LogP contribution < -0.4 is 5.56 Å². The standard InChI is InChI=1S/C14H16N2O/c1-4-16-13(12-8-6-5-7-9-12)15-11(3)10(2)14(16)17/h5-9H,4H2,1-3H3. The first kappa shape index (κ1) is 11.6. The highest BCUT2D eigenvalue weighted by atomic mass is 16.1. The van der Waals surface area contributed by atoms with Gasteiger partial charge < -0.3 is 0 Å². The minimum Gasteiger partial charge on any atom is -0.293 e. The van der Waals surface area contributed by atoms with Gasteiger partial charge in [0.1, 0.15) is 5.82 Å². The van der Waals surface area contributed by atoms with Crippen LogP contribution in [-0.2, 0) is 6.54 Å². The SMILES string of the molecule is CCn1c(-c2ccccc2)nc(C)c(C)c1=O. The maximum Gasteiger partial charge on any atom is 0.256 e. The second-order valence-electron chi connectivity index (χ2n) is 4.06. The molecular formula is C14H16N2O.